The van der Waals surface area contributed by atoms with E-state index in [0.29, 0.717) is 18.4 Å². The average molecular weight is 226 g/mol. The molecule has 1 aromatic rings. The zero-order chi connectivity index (χ0) is 11.4. The lowest BCUT2D eigenvalue weighted by Crippen LogP contribution is -2.36. The van der Waals surface area contributed by atoms with Gasteiger partial charge in [0.1, 0.15) is 0 Å². The molecule has 2 N–H and O–H groups in total. The van der Waals surface area contributed by atoms with E-state index in [1.807, 2.05) is 6.92 Å². The summed E-state index contributed by atoms with van der Waals surface area (Å²) in [6.45, 7) is 5.78. The van der Waals surface area contributed by atoms with Gasteiger partial charge in [0, 0.05) is 19.0 Å². The maximum absolute atomic E-state index is 5.50. The molecule has 6 nitrogen and oxygen atoms in total. The number of morpholine rings is 1. The second-order valence-corrected chi connectivity index (χ2v) is 4.01. The lowest BCUT2D eigenvalue weighted by atomic mass is 10.1. The van der Waals surface area contributed by atoms with E-state index in [1.54, 1.807) is 0 Å². The largest absolute Gasteiger partial charge is 0.378 e. The van der Waals surface area contributed by atoms with Crippen LogP contribution < -0.4 is 10.6 Å². The Labute approximate surface area is 94.7 Å². The zero-order valence-electron chi connectivity index (χ0n) is 9.56. The van der Waals surface area contributed by atoms with Crippen LogP contribution >= 0.6 is 0 Å². The van der Waals surface area contributed by atoms with Crippen molar-refractivity contribution < 1.29 is 9.26 Å². The van der Waals surface area contributed by atoms with Crippen LogP contribution in [-0.2, 0) is 4.74 Å². The number of hydrogen-bond donors (Lipinski definition) is 1. The highest BCUT2D eigenvalue weighted by Crippen LogP contribution is 2.19. The van der Waals surface area contributed by atoms with Gasteiger partial charge < -0.3 is 19.9 Å². The Hall–Kier alpha value is -1.14. The van der Waals surface area contributed by atoms with Crippen LogP contribution in [0.5, 0.6) is 0 Å². The highest BCUT2D eigenvalue weighted by molar-refractivity contribution is 5.28. The number of nitrogens with two attached hydrogens (primary N) is 1. The van der Waals surface area contributed by atoms with Crippen LogP contribution in [0.4, 0.5) is 5.95 Å². The molecule has 0 radical (unpaired) electrons. The fraction of sp³-hybridized carbons (Fsp3) is 0.800. The molecule has 2 heterocycles. The van der Waals surface area contributed by atoms with Crippen molar-refractivity contribution >= 4 is 5.95 Å². The summed E-state index contributed by atoms with van der Waals surface area (Å²) in [5.74, 6) is 1.57. The van der Waals surface area contributed by atoms with E-state index in [9.17, 15) is 0 Å². The van der Waals surface area contributed by atoms with E-state index in [1.165, 1.54) is 0 Å². The van der Waals surface area contributed by atoms with Crippen LogP contribution in [-0.4, -0.2) is 43.0 Å². The van der Waals surface area contributed by atoms with Gasteiger partial charge in [-0.2, -0.15) is 4.98 Å². The lowest BCUT2D eigenvalue weighted by Gasteiger charge is -2.24. The van der Waals surface area contributed by atoms with Crippen molar-refractivity contribution in [1.29, 1.82) is 0 Å². The summed E-state index contributed by atoms with van der Waals surface area (Å²) in [6, 6.07) is 0. The van der Waals surface area contributed by atoms with Gasteiger partial charge in [0.2, 0.25) is 5.89 Å². The maximum Gasteiger partial charge on any atom is 0.266 e. The van der Waals surface area contributed by atoms with E-state index in [-0.39, 0.29) is 5.92 Å². The molecule has 0 saturated carbocycles. The molecule has 90 valence electrons. The van der Waals surface area contributed by atoms with Crippen molar-refractivity contribution in [1.82, 2.24) is 10.1 Å². The predicted molar refractivity (Wildman–Crippen MR) is 59.4 cm³/mol. The summed E-state index contributed by atoms with van der Waals surface area (Å²) in [5, 5.41) is 3.99. The van der Waals surface area contributed by atoms with Crippen molar-refractivity contribution in [3.63, 3.8) is 0 Å². The first-order chi connectivity index (χ1) is 7.81. The molecule has 0 amide bonds. The van der Waals surface area contributed by atoms with Crippen molar-refractivity contribution in [2.24, 2.45) is 5.73 Å². The third kappa shape index (κ3) is 2.51. The van der Waals surface area contributed by atoms with E-state index in [2.05, 4.69) is 15.0 Å². The topological polar surface area (TPSA) is 77.4 Å². The van der Waals surface area contributed by atoms with E-state index >= 15 is 0 Å². The molecule has 1 aliphatic heterocycles. The van der Waals surface area contributed by atoms with E-state index in [0.717, 1.165) is 32.7 Å². The molecule has 0 aliphatic carbocycles. The first-order valence-corrected chi connectivity index (χ1v) is 5.67. The number of aromatic nitrogens is 2. The summed E-state index contributed by atoms with van der Waals surface area (Å²) in [7, 11) is 0. The van der Waals surface area contributed by atoms with Gasteiger partial charge in [-0.3, -0.25) is 0 Å². The lowest BCUT2D eigenvalue weighted by molar-refractivity contribution is 0.121. The standard InChI is InChI=1S/C10H18N4O2/c1-8(2-3-11)9-12-10(13-16-9)14-4-6-15-7-5-14/h8H,2-7,11H2,1H3. The molecular weight excluding hydrogens is 208 g/mol. The van der Waals surface area contributed by atoms with Gasteiger partial charge in [0.05, 0.1) is 13.2 Å². The Morgan fingerprint density at radius 1 is 1.44 bits per heavy atom. The number of nitrogens with zero attached hydrogens (tertiary/aromatic N) is 3. The summed E-state index contributed by atoms with van der Waals surface area (Å²) >= 11 is 0. The van der Waals surface area contributed by atoms with Gasteiger partial charge in [0.25, 0.3) is 5.95 Å². The SMILES string of the molecule is CC(CCN)c1nc(N2CCOCC2)no1. The minimum Gasteiger partial charge on any atom is -0.378 e. The van der Waals surface area contributed by atoms with Gasteiger partial charge in [-0.15, -0.1) is 0 Å². The van der Waals surface area contributed by atoms with Gasteiger partial charge in [-0.25, -0.2) is 0 Å². The van der Waals surface area contributed by atoms with Crippen LogP contribution in [0, 0.1) is 0 Å². The normalized spacial score (nSPS) is 18.8. The molecule has 0 bridgehead atoms. The van der Waals surface area contributed by atoms with Crippen molar-refractivity contribution in [3.8, 4) is 0 Å². The molecule has 0 aromatic carbocycles. The highest BCUT2D eigenvalue weighted by atomic mass is 16.5. The zero-order valence-corrected chi connectivity index (χ0v) is 9.56. The van der Waals surface area contributed by atoms with Crippen molar-refractivity contribution in [2.45, 2.75) is 19.3 Å². The first kappa shape index (κ1) is 11.3. The van der Waals surface area contributed by atoms with E-state index in [4.69, 9.17) is 15.0 Å². The molecule has 1 saturated heterocycles. The first-order valence-electron chi connectivity index (χ1n) is 5.67. The smallest absolute Gasteiger partial charge is 0.266 e. The number of anilines is 1. The quantitative estimate of drug-likeness (QED) is 0.798. The second-order valence-electron chi connectivity index (χ2n) is 4.01. The van der Waals surface area contributed by atoms with E-state index < -0.39 is 0 Å². The monoisotopic (exact) mass is 226 g/mol. The summed E-state index contributed by atoms with van der Waals surface area (Å²) in [4.78, 5) is 6.46. The van der Waals surface area contributed by atoms with Crippen LogP contribution in [0.3, 0.4) is 0 Å². The molecule has 0 spiro atoms. The molecule has 1 fully saturated rings. The molecule has 16 heavy (non-hydrogen) atoms. The number of ether oxygens (including phenoxy) is 1. The summed E-state index contributed by atoms with van der Waals surface area (Å²) in [5.41, 5.74) is 5.50. The van der Waals surface area contributed by atoms with Crippen molar-refractivity contribution in [2.75, 3.05) is 37.7 Å². The number of rotatable bonds is 4. The Bertz CT molecular complexity index is 322. The van der Waals surface area contributed by atoms with Crippen LogP contribution in [0.1, 0.15) is 25.2 Å². The van der Waals surface area contributed by atoms with Crippen LogP contribution in [0.25, 0.3) is 0 Å². The maximum atomic E-state index is 5.50. The van der Waals surface area contributed by atoms with Gasteiger partial charge in [-0.05, 0) is 18.1 Å². The second kappa shape index (κ2) is 5.27. The van der Waals surface area contributed by atoms with Gasteiger partial charge in [-0.1, -0.05) is 6.92 Å². The summed E-state index contributed by atoms with van der Waals surface area (Å²) < 4.78 is 10.5. The minimum atomic E-state index is 0.229. The fourth-order valence-electron chi connectivity index (χ4n) is 1.69. The third-order valence-electron chi connectivity index (χ3n) is 2.75. The summed E-state index contributed by atoms with van der Waals surface area (Å²) in [6.07, 6.45) is 0.866. The Morgan fingerprint density at radius 2 is 2.19 bits per heavy atom. The van der Waals surface area contributed by atoms with Crippen LogP contribution in [0.15, 0.2) is 4.52 Å². The van der Waals surface area contributed by atoms with Gasteiger partial charge in [0.15, 0.2) is 0 Å². The molecule has 2 rings (SSSR count). The predicted octanol–water partition coefficient (Wildman–Crippen LogP) is 0.359. The van der Waals surface area contributed by atoms with Crippen LogP contribution in [0.2, 0.25) is 0 Å². The Morgan fingerprint density at radius 3 is 2.88 bits per heavy atom. The van der Waals surface area contributed by atoms with Gasteiger partial charge >= 0.3 is 0 Å². The fourth-order valence-corrected chi connectivity index (χ4v) is 1.69. The third-order valence-corrected chi connectivity index (χ3v) is 2.75. The Balaban J connectivity index is 2.00. The highest BCUT2D eigenvalue weighted by Gasteiger charge is 2.19. The molecular formula is C10H18N4O2. The molecule has 1 aliphatic rings. The molecule has 1 unspecified atom stereocenters. The molecule has 1 aromatic heterocycles. The minimum absolute atomic E-state index is 0.229. The Kier molecular flexibility index (Phi) is 3.74. The molecule has 6 heteroatoms. The number of hydrogen-bond acceptors (Lipinski definition) is 6. The average Bonchev–Trinajstić information content (AvgIpc) is 2.80. The molecule has 1 atom stereocenters. The van der Waals surface area contributed by atoms with Crippen molar-refractivity contribution in [3.05, 3.63) is 5.89 Å².